The van der Waals surface area contributed by atoms with Crippen LogP contribution in [0.3, 0.4) is 0 Å². The summed E-state index contributed by atoms with van der Waals surface area (Å²) >= 11 is 0. The summed E-state index contributed by atoms with van der Waals surface area (Å²) in [5.41, 5.74) is 1.65. The minimum atomic E-state index is 0.501. The lowest BCUT2D eigenvalue weighted by Crippen LogP contribution is -1.84. The van der Waals surface area contributed by atoms with Gasteiger partial charge in [0.2, 0.25) is 0 Å². The van der Waals surface area contributed by atoms with Crippen molar-refractivity contribution < 1.29 is 0 Å². The first-order valence-electron chi connectivity index (χ1n) is 4.07. The van der Waals surface area contributed by atoms with Crippen molar-refractivity contribution in [2.24, 2.45) is 0 Å². The lowest BCUT2D eigenvalue weighted by Gasteiger charge is -1.99. The fraction of sp³-hybridized carbons (Fsp3) is 0.0909. The van der Waals surface area contributed by atoms with Crippen molar-refractivity contribution in [3.8, 4) is 6.07 Å². The van der Waals surface area contributed by atoms with E-state index in [4.69, 9.17) is 5.26 Å². The van der Waals surface area contributed by atoms with Crippen molar-refractivity contribution in [1.82, 2.24) is 4.98 Å². The van der Waals surface area contributed by atoms with Gasteiger partial charge in [-0.25, -0.2) is 4.98 Å². The minimum Gasteiger partial charge on any atom is -0.245 e. The van der Waals surface area contributed by atoms with Gasteiger partial charge in [0, 0.05) is 11.6 Å². The van der Waals surface area contributed by atoms with Crippen molar-refractivity contribution >= 4 is 10.8 Å². The highest BCUT2D eigenvalue weighted by Gasteiger charge is 2.00. The number of hydrogen-bond donors (Lipinski definition) is 0. The lowest BCUT2D eigenvalue weighted by molar-refractivity contribution is 1.29. The van der Waals surface area contributed by atoms with E-state index in [1.54, 1.807) is 6.20 Å². The molecule has 1 aromatic heterocycles. The van der Waals surface area contributed by atoms with Crippen LogP contribution in [0.25, 0.3) is 10.8 Å². The van der Waals surface area contributed by atoms with Crippen LogP contribution in [0.15, 0.2) is 30.5 Å². The lowest BCUT2D eigenvalue weighted by atomic mass is 10.1. The molecule has 0 radical (unpaired) electrons. The number of aromatic nitrogens is 1. The number of fused-ring (bicyclic) bond motifs is 1. The highest BCUT2D eigenvalue weighted by molar-refractivity contribution is 5.86. The molecule has 0 N–H and O–H groups in total. The summed E-state index contributed by atoms with van der Waals surface area (Å²) in [6.07, 6.45) is 1.66. The second-order valence-electron chi connectivity index (χ2n) is 3.00. The summed E-state index contributed by atoms with van der Waals surface area (Å²) in [7, 11) is 0. The van der Waals surface area contributed by atoms with Crippen LogP contribution in [0.2, 0.25) is 0 Å². The summed E-state index contributed by atoms with van der Waals surface area (Å²) in [5.74, 6) is 0. The smallest absolute Gasteiger partial charge is 0.148 e. The van der Waals surface area contributed by atoms with Crippen LogP contribution in [0.5, 0.6) is 0 Å². The number of rotatable bonds is 0. The van der Waals surface area contributed by atoms with Crippen LogP contribution in [0.1, 0.15) is 11.3 Å². The van der Waals surface area contributed by atoms with Crippen LogP contribution in [-0.2, 0) is 0 Å². The zero-order valence-electron chi connectivity index (χ0n) is 7.28. The standard InChI is InChI=1S/C11H8N2/c1-8-2-3-9-4-5-13-11(7-12)10(9)6-8/h2-6H,1H3. The first-order chi connectivity index (χ1) is 6.31. The molecule has 0 aliphatic carbocycles. The Morgan fingerprint density at radius 1 is 1.31 bits per heavy atom. The summed E-state index contributed by atoms with van der Waals surface area (Å²) in [6.45, 7) is 2.01. The van der Waals surface area contributed by atoms with E-state index >= 15 is 0 Å². The van der Waals surface area contributed by atoms with Gasteiger partial charge in [-0.05, 0) is 24.4 Å². The Balaban J connectivity index is 2.89. The molecule has 2 heteroatoms. The molecule has 62 valence electrons. The van der Waals surface area contributed by atoms with Crippen molar-refractivity contribution in [2.45, 2.75) is 6.92 Å². The third-order valence-electron chi connectivity index (χ3n) is 2.03. The Morgan fingerprint density at radius 3 is 2.92 bits per heavy atom. The fourth-order valence-electron chi connectivity index (χ4n) is 1.37. The zero-order chi connectivity index (χ0) is 9.26. The van der Waals surface area contributed by atoms with Gasteiger partial charge >= 0.3 is 0 Å². The summed E-state index contributed by atoms with van der Waals surface area (Å²) in [6, 6.07) is 10.0. The van der Waals surface area contributed by atoms with E-state index in [1.807, 2.05) is 31.2 Å². The third-order valence-corrected chi connectivity index (χ3v) is 2.03. The molecule has 0 fully saturated rings. The molecule has 0 aliphatic heterocycles. The quantitative estimate of drug-likeness (QED) is 0.605. The summed E-state index contributed by atoms with van der Waals surface area (Å²) in [5, 5.41) is 10.8. The van der Waals surface area contributed by atoms with Gasteiger partial charge in [0.1, 0.15) is 11.8 Å². The Hall–Kier alpha value is -1.88. The third kappa shape index (κ3) is 1.25. The normalized spacial score (nSPS) is 9.85. The molecule has 2 nitrogen and oxygen atoms in total. The van der Waals surface area contributed by atoms with Gasteiger partial charge in [-0.1, -0.05) is 17.7 Å². The molecule has 0 saturated heterocycles. The number of aryl methyl sites for hydroxylation is 1. The molecule has 2 aromatic rings. The molecule has 13 heavy (non-hydrogen) atoms. The van der Waals surface area contributed by atoms with Gasteiger partial charge < -0.3 is 0 Å². The average molecular weight is 168 g/mol. The second-order valence-corrected chi connectivity index (χ2v) is 3.00. The van der Waals surface area contributed by atoms with Gasteiger partial charge in [-0.3, -0.25) is 0 Å². The Morgan fingerprint density at radius 2 is 2.15 bits per heavy atom. The van der Waals surface area contributed by atoms with Crippen LogP contribution < -0.4 is 0 Å². The van der Waals surface area contributed by atoms with Crippen molar-refractivity contribution in [3.05, 3.63) is 41.7 Å². The predicted octanol–water partition coefficient (Wildman–Crippen LogP) is 2.41. The molecule has 0 bridgehead atoms. The van der Waals surface area contributed by atoms with Crippen molar-refractivity contribution in [2.75, 3.05) is 0 Å². The van der Waals surface area contributed by atoms with Crippen LogP contribution in [0.4, 0.5) is 0 Å². The van der Waals surface area contributed by atoms with Gasteiger partial charge in [0.05, 0.1) is 0 Å². The first-order valence-corrected chi connectivity index (χ1v) is 4.07. The average Bonchev–Trinajstić information content (AvgIpc) is 2.17. The molecule has 0 spiro atoms. The molecule has 0 atom stereocenters. The van der Waals surface area contributed by atoms with E-state index in [0.717, 1.165) is 16.3 Å². The van der Waals surface area contributed by atoms with Gasteiger partial charge in [0.25, 0.3) is 0 Å². The number of pyridine rings is 1. The predicted molar refractivity (Wildman–Crippen MR) is 51.2 cm³/mol. The summed E-state index contributed by atoms with van der Waals surface area (Å²) < 4.78 is 0. The molecule has 1 heterocycles. The summed E-state index contributed by atoms with van der Waals surface area (Å²) in [4.78, 5) is 4.01. The zero-order valence-corrected chi connectivity index (χ0v) is 7.28. The van der Waals surface area contributed by atoms with E-state index < -0.39 is 0 Å². The van der Waals surface area contributed by atoms with Crippen molar-refractivity contribution in [1.29, 1.82) is 5.26 Å². The number of benzene rings is 1. The number of hydrogen-bond acceptors (Lipinski definition) is 2. The van der Waals surface area contributed by atoms with Gasteiger partial charge in [-0.15, -0.1) is 0 Å². The molecule has 2 rings (SSSR count). The highest BCUT2D eigenvalue weighted by atomic mass is 14.7. The minimum absolute atomic E-state index is 0.501. The van der Waals surface area contributed by atoms with E-state index in [2.05, 4.69) is 11.1 Å². The van der Waals surface area contributed by atoms with Gasteiger partial charge in [-0.2, -0.15) is 5.26 Å². The van der Waals surface area contributed by atoms with Gasteiger partial charge in [0.15, 0.2) is 0 Å². The molecule has 0 aliphatic rings. The SMILES string of the molecule is Cc1ccc2ccnc(C#N)c2c1. The maximum atomic E-state index is 8.81. The maximum absolute atomic E-state index is 8.81. The topological polar surface area (TPSA) is 36.7 Å². The molecule has 1 aromatic carbocycles. The number of nitriles is 1. The fourth-order valence-corrected chi connectivity index (χ4v) is 1.37. The Labute approximate surface area is 76.5 Å². The second kappa shape index (κ2) is 2.87. The van der Waals surface area contributed by atoms with E-state index in [9.17, 15) is 0 Å². The molecule has 0 amide bonds. The molecular weight excluding hydrogens is 160 g/mol. The van der Waals surface area contributed by atoms with Crippen LogP contribution in [0, 0.1) is 18.3 Å². The van der Waals surface area contributed by atoms with Crippen LogP contribution >= 0.6 is 0 Å². The largest absolute Gasteiger partial charge is 0.245 e. The molecule has 0 unspecified atom stereocenters. The van der Waals surface area contributed by atoms with E-state index in [1.165, 1.54) is 0 Å². The van der Waals surface area contributed by atoms with E-state index in [0.29, 0.717) is 5.69 Å². The monoisotopic (exact) mass is 168 g/mol. The number of nitrogens with zero attached hydrogens (tertiary/aromatic N) is 2. The van der Waals surface area contributed by atoms with Crippen molar-refractivity contribution in [3.63, 3.8) is 0 Å². The molecule has 0 saturated carbocycles. The highest BCUT2D eigenvalue weighted by Crippen LogP contribution is 2.17. The van der Waals surface area contributed by atoms with E-state index in [-0.39, 0.29) is 0 Å². The first kappa shape index (κ1) is 7.75. The molecular formula is C11H8N2. The van der Waals surface area contributed by atoms with Crippen LogP contribution in [-0.4, -0.2) is 4.98 Å². The Bertz CT molecular complexity index is 495. The maximum Gasteiger partial charge on any atom is 0.148 e. The Kier molecular flexibility index (Phi) is 1.71.